The lowest BCUT2D eigenvalue weighted by Gasteiger charge is -2.11. The van der Waals surface area contributed by atoms with Gasteiger partial charge in [-0.1, -0.05) is 6.92 Å². The molecule has 1 atom stereocenters. The van der Waals surface area contributed by atoms with E-state index in [1.54, 1.807) is 6.07 Å². The fourth-order valence-corrected chi connectivity index (χ4v) is 2.53. The number of fused-ring (bicyclic) bond motifs is 1. The van der Waals surface area contributed by atoms with Gasteiger partial charge in [0.15, 0.2) is 0 Å². The van der Waals surface area contributed by atoms with Crippen molar-refractivity contribution in [2.45, 2.75) is 30.7 Å². The van der Waals surface area contributed by atoms with Crippen LogP contribution in [0.15, 0.2) is 23.1 Å². The van der Waals surface area contributed by atoms with Crippen molar-refractivity contribution < 1.29 is 17.9 Å². The molecule has 7 heteroatoms. The zero-order valence-corrected chi connectivity index (χ0v) is 11.4. The minimum absolute atomic E-state index is 0.0199. The largest absolute Gasteiger partial charge is 0.491 e. The SMILES string of the molecule is CCCC(=O)NC1COc2ccc(S(N)(=O)=O)cc21. The van der Waals surface area contributed by atoms with Crippen molar-refractivity contribution in [2.75, 3.05) is 6.61 Å². The molecule has 1 aliphatic heterocycles. The van der Waals surface area contributed by atoms with Gasteiger partial charge in [-0.3, -0.25) is 4.79 Å². The second kappa shape index (κ2) is 5.18. The molecule has 0 saturated carbocycles. The molecule has 1 aliphatic rings. The topological polar surface area (TPSA) is 98.5 Å². The molecular weight excluding hydrogens is 268 g/mol. The number of ether oxygens (including phenoxy) is 1. The third-order valence-electron chi connectivity index (χ3n) is 2.90. The third-order valence-corrected chi connectivity index (χ3v) is 3.81. The van der Waals surface area contributed by atoms with Crippen molar-refractivity contribution >= 4 is 15.9 Å². The molecule has 6 nitrogen and oxygen atoms in total. The van der Waals surface area contributed by atoms with Gasteiger partial charge in [-0.2, -0.15) is 0 Å². The standard InChI is InChI=1S/C12H16N2O4S/c1-2-3-12(15)14-10-7-18-11-5-4-8(6-9(10)11)19(13,16)17/h4-6,10H,2-3,7H2,1H3,(H,14,15)(H2,13,16,17). The van der Waals surface area contributed by atoms with E-state index in [4.69, 9.17) is 9.88 Å². The Balaban J connectivity index is 2.25. The molecule has 104 valence electrons. The number of nitrogens with one attached hydrogen (secondary N) is 1. The number of amides is 1. The first-order valence-electron chi connectivity index (χ1n) is 6.00. The second-order valence-corrected chi connectivity index (χ2v) is 5.99. The lowest BCUT2D eigenvalue weighted by Crippen LogP contribution is -2.29. The van der Waals surface area contributed by atoms with Gasteiger partial charge in [0.2, 0.25) is 15.9 Å². The van der Waals surface area contributed by atoms with Crippen molar-refractivity contribution in [3.8, 4) is 5.75 Å². The van der Waals surface area contributed by atoms with Gasteiger partial charge < -0.3 is 10.1 Å². The van der Waals surface area contributed by atoms with Crippen LogP contribution in [0.4, 0.5) is 0 Å². The smallest absolute Gasteiger partial charge is 0.238 e. The van der Waals surface area contributed by atoms with E-state index in [1.165, 1.54) is 12.1 Å². The molecule has 0 spiro atoms. The Morgan fingerprint density at radius 3 is 2.89 bits per heavy atom. The molecular formula is C12H16N2O4S. The van der Waals surface area contributed by atoms with Crippen LogP contribution >= 0.6 is 0 Å². The van der Waals surface area contributed by atoms with Crippen LogP contribution < -0.4 is 15.2 Å². The van der Waals surface area contributed by atoms with Crippen molar-refractivity contribution in [1.29, 1.82) is 0 Å². The first-order chi connectivity index (χ1) is 8.91. The van der Waals surface area contributed by atoms with Crippen LogP contribution in [0.25, 0.3) is 0 Å². The van der Waals surface area contributed by atoms with E-state index in [0.717, 1.165) is 6.42 Å². The summed E-state index contributed by atoms with van der Waals surface area (Å²) in [6.07, 6.45) is 1.18. The second-order valence-electron chi connectivity index (χ2n) is 4.43. The van der Waals surface area contributed by atoms with Crippen molar-refractivity contribution in [2.24, 2.45) is 5.14 Å². The van der Waals surface area contributed by atoms with Crippen LogP contribution in [0.3, 0.4) is 0 Å². The van der Waals surface area contributed by atoms with Crippen LogP contribution in [-0.2, 0) is 14.8 Å². The Morgan fingerprint density at radius 2 is 2.26 bits per heavy atom. The van der Waals surface area contributed by atoms with Crippen LogP contribution in [0.2, 0.25) is 0 Å². The normalized spacial score (nSPS) is 17.7. The van der Waals surface area contributed by atoms with Gasteiger partial charge in [0.25, 0.3) is 0 Å². The molecule has 1 unspecified atom stereocenters. The lowest BCUT2D eigenvalue weighted by atomic mass is 10.1. The molecule has 1 amide bonds. The molecule has 0 aromatic heterocycles. The molecule has 0 bridgehead atoms. The average Bonchev–Trinajstić information content (AvgIpc) is 2.71. The average molecular weight is 284 g/mol. The van der Waals surface area contributed by atoms with E-state index in [-0.39, 0.29) is 16.8 Å². The fraction of sp³-hybridized carbons (Fsp3) is 0.417. The first kappa shape index (κ1) is 13.8. The van der Waals surface area contributed by atoms with E-state index in [1.807, 2.05) is 6.92 Å². The highest BCUT2D eigenvalue weighted by molar-refractivity contribution is 7.89. The number of primary sulfonamides is 1. The van der Waals surface area contributed by atoms with Gasteiger partial charge in [-0.15, -0.1) is 0 Å². The summed E-state index contributed by atoms with van der Waals surface area (Å²) in [5, 5.41) is 7.90. The number of carbonyl (C=O) groups is 1. The van der Waals surface area contributed by atoms with E-state index in [2.05, 4.69) is 5.32 Å². The van der Waals surface area contributed by atoms with Gasteiger partial charge in [-0.05, 0) is 24.6 Å². The van der Waals surface area contributed by atoms with Crippen molar-refractivity contribution in [1.82, 2.24) is 5.32 Å². The maximum absolute atomic E-state index is 11.6. The summed E-state index contributed by atoms with van der Waals surface area (Å²) in [6.45, 7) is 2.22. The van der Waals surface area contributed by atoms with Crippen molar-refractivity contribution in [3.63, 3.8) is 0 Å². The monoisotopic (exact) mass is 284 g/mol. The lowest BCUT2D eigenvalue weighted by molar-refractivity contribution is -0.121. The van der Waals surface area contributed by atoms with Gasteiger partial charge in [-0.25, -0.2) is 13.6 Å². The summed E-state index contributed by atoms with van der Waals surface area (Å²) in [7, 11) is -3.75. The maximum Gasteiger partial charge on any atom is 0.238 e. The quantitative estimate of drug-likeness (QED) is 0.849. The zero-order valence-electron chi connectivity index (χ0n) is 10.5. The number of hydrogen-bond donors (Lipinski definition) is 2. The molecule has 1 heterocycles. The van der Waals surface area contributed by atoms with E-state index >= 15 is 0 Å². The maximum atomic E-state index is 11.6. The molecule has 1 aromatic rings. The Hall–Kier alpha value is -1.60. The van der Waals surface area contributed by atoms with Crippen molar-refractivity contribution in [3.05, 3.63) is 23.8 Å². The molecule has 3 N–H and O–H groups in total. The van der Waals surface area contributed by atoms with Crippen LogP contribution in [0.1, 0.15) is 31.4 Å². The molecule has 0 radical (unpaired) electrons. The number of carbonyl (C=O) groups excluding carboxylic acids is 1. The zero-order chi connectivity index (χ0) is 14.0. The predicted octanol–water partition coefficient (Wildman–Crippen LogP) is 0.684. The summed E-state index contributed by atoms with van der Waals surface area (Å²) < 4.78 is 28.0. The Morgan fingerprint density at radius 1 is 1.53 bits per heavy atom. The minimum atomic E-state index is -3.75. The van der Waals surface area contributed by atoms with E-state index in [9.17, 15) is 13.2 Å². The number of hydrogen-bond acceptors (Lipinski definition) is 4. The van der Waals surface area contributed by atoms with E-state index in [0.29, 0.717) is 24.3 Å². The molecule has 0 aliphatic carbocycles. The van der Waals surface area contributed by atoms with Gasteiger partial charge in [0.05, 0.1) is 10.9 Å². The van der Waals surface area contributed by atoms with Crippen LogP contribution in [-0.4, -0.2) is 20.9 Å². The van der Waals surface area contributed by atoms with Gasteiger partial charge in [0.1, 0.15) is 12.4 Å². The first-order valence-corrected chi connectivity index (χ1v) is 7.55. The number of sulfonamides is 1. The Bertz CT molecular complexity index is 598. The molecule has 0 fully saturated rings. The molecule has 0 saturated heterocycles. The highest BCUT2D eigenvalue weighted by Crippen LogP contribution is 2.33. The molecule has 19 heavy (non-hydrogen) atoms. The van der Waals surface area contributed by atoms with Crippen LogP contribution in [0.5, 0.6) is 5.75 Å². The molecule has 1 aromatic carbocycles. The fourth-order valence-electron chi connectivity index (χ4n) is 1.98. The minimum Gasteiger partial charge on any atom is -0.491 e. The van der Waals surface area contributed by atoms with Crippen LogP contribution in [0, 0.1) is 0 Å². The highest BCUT2D eigenvalue weighted by Gasteiger charge is 2.27. The third kappa shape index (κ3) is 3.05. The Labute approximate surface area is 112 Å². The van der Waals surface area contributed by atoms with Gasteiger partial charge in [0, 0.05) is 12.0 Å². The summed E-state index contributed by atoms with van der Waals surface area (Å²) in [5.41, 5.74) is 0.649. The summed E-state index contributed by atoms with van der Waals surface area (Å²) in [4.78, 5) is 11.6. The number of benzene rings is 1. The number of nitrogens with two attached hydrogens (primary N) is 1. The molecule has 2 rings (SSSR count). The summed E-state index contributed by atoms with van der Waals surface area (Å²) in [5.74, 6) is 0.499. The highest BCUT2D eigenvalue weighted by atomic mass is 32.2. The van der Waals surface area contributed by atoms with Gasteiger partial charge >= 0.3 is 0 Å². The Kier molecular flexibility index (Phi) is 3.77. The summed E-state index contributed by atoms with van der Waals surface area (Å²) >= 11 is 0. The van der Waals surface area contributed by atoms with E-state index < -0.39 is 10.0 Å². The summed E-state index contributed by atoms with van der Waals surface area (Å²) in [6, 6.07) is 4.08. The predicted molar refractivity (Wildman–Crippen MR) is 69.1 cm³/mol. The number of rotatable bonds is 4.